The molecule has 2 aliphatic heterocycles. The van der Waals surface area contributed by atoms with E-state index in [4.69, 9.17) is 9.05 Å². The van der Waals surface area contributed by atoms with Gasteiger partial charge in [0.05, 0.1) is 16.0 Å². The van der Waals surface area contributed by atoms with Gasteiger partial charge in [-0.25, -0.2) is 0 Å². The van der Waals surface area contributed by atoms with Gasteiger partial charge < -0.3 is 29.9 Å². The van der Waals surface area contributed by atoms with E-state index in [0.717, 1.165) is 67.0 Å². The second-order valence-corrected chi connectivity index (χ2v) is 23.4. The Balaban J connectivity index is 0.905. The first-order chi connectivity index (χ1) is 35.7. The van der Waals surface area contributed by atoms with Crippen LogP contribution in [0, 0.1) is 0 Å². The summed E-state index contributed by atoms with van der Waals surface area (Å²) in [6, 6.07) is 78.3. The lowest BCUT2D eigenvalue weighted by Crippen LogP contribution is -2.29. The first-order valence-corrected chi connectivity index (χ1v) is 27.6. The van der Waals surface area contributed by atoms with Crippen LogP contribution in [0.1, 0.15) is 44.9 Å². The number of phenolic OH excluding ortho intramolecular Hbond substituents is 2. The topological polar surface area (TPSA) is 117 Å². The van der Waals surface area contributed by atoms with Gasteiger partial charge in [-0.05, 0) is 128 Å². The maximum atomic E-state index is 15.8. The molecule has 4 N–H and O–H groups in total. The highest BCUT2D eigenvalue weighted by atomic mass is 31.2. The fourth-order valence-corrected chi connectivity index (χ4v) is 16.6. The molecule has 10 aromatic carbocycles. The Bertz CT molecular complexity index is 3610. The van der Waals surface area contributed by atoms with Crippen LogP contribution >= 0.6 is 14.7 Å². The average molecular weight is 989 g/mol. The molecule has 2 heterocycles. The summed E-state index contributed by atoms with van der Waals surface area (Å²) in [4.78, 5) is 0. The predicted octanol–water partition coefficient (Wildman–Crippen LogP) is 15.0. The number of phenols is 2. The standard InChI is InChI=1S/C63H46N2O6P2/c66-47-37-25-41(26-38-47)61(72(68)59-23-11-5-17-53(59)51-15-3-9-21-57(51)70-72)64-45-33-29-43(30-34-45)63(55-19-7-1-13-49(55)50-14-2-8-20-56(50)63)44-31-35-46(36-32-44)65-62(42-27-39-48(67)40-28-42)73(69)60-24-12-6-18-54(60)52-16-4-10-22-58(52)71-73/h1-40,61-62,64-67H. The highest BCUT2D eigenvalue weighted by Gasteiger charge is 2.48. The lowest BCUT2D eigenvalue weighted by molar-refractivity contribution is 0.473. The highest BCUT2D eigenvalue weighted by molar-refractivity contribution is 7.68. The molecule has 0 aromatic heterocycles. The molecule has 10 heteroatoms. The molecule has 8 nitrogen and oxygen atoms in total. The zero-order valence-corrected chi connectivity index (χ0v) is 41.0. The molecule has 1 aliphatic carbocycles. The van der Waals surface area contributed by atoms with Crippen molar-refractivity contribution in [1.29, 1.82) is 0 Å². The minimum Gasteiger partial charge on any atom is -0.508 e. The summed E-state index contributed by atoms with van der Waals surface area (Å²) in [5, 5.41) is 29.3. The average Bonchev–Trinajstić information content (AvgIpc) is 3.74. The molecule has 4 unspecified atom stereocenters. The molecule has 3 aliphatic rings. The van der Waals surface area contributed by atoms with E-state index in [-0.39, 0.29) is 11.5 Å². The molecule has 13 rings (SSSR count). The van der Waals surface area contributed by atoms with Gasteiger partial charge in [-0.15, -0.1) is 0 Å². The number of benzene rings is 10. The maximum Gasteiger partial charge on any atom is 0.303 e. The lowest BCUT2D eigenvalue weighted by atomic mass is 9.67. The second kappa shape index (κ2) is 17.3. The third-order valence-corrected chi connectivity index (χ3v) is 19.9. The molecule has 0 spiro atoms. The summed E-state index contributed by atoms with van der Waals surface area (Å²) in [6.07, 6.45) is 0. The zero-order chi connectivity index (χ0) is 49.3. The molecule has 4 atom stereocenters. The van der Waals surface area contributed by atoms with Crippen LogP contribution < -0.4 is 30.3 Å². The quantitative estimate of drug-likeness (QED) is 0.100. The minimum absolute atomic E-state index is 0.106. The molecule has 0 radical (unpaired) electrons. The molecular formula is C63H46N2O6P2. The van der Waals surface area contributed by atoms with E-state index in [0.29, 0.717) is 33.2 Å². The van der Waals surface area contributed by atoms with Crippen LogP contribution in [0.15, 0.2) is 243 Å². The van der Waals surface area contributed by atoms with E-state index >= 15 is 9.13 Å². The summed E-state index contributed by atoms with van der Waals surface area (Å²) < 4.78 is 44.9. The normalized spacial score (nSPS) is 18.1. The summed E-state index contributed by atoms with van der Waals surface area (Å²) in [6.45, 7) is 0. The third kappa shape index (κ3) is 7.12. The van der Waals surface area contributed by atoms with Crippen LogP contribution in [-0.2, 0) is 14.5 Å². The Kier molecular flexibility index (Phi) is 10.6. The molecule has 0 bridgehead atoms. The summed E-state index contributed by atoms with van der Waals surface area (Å²) in [7, 11) is -7.49. The van der Waals surface area contributed by atoms with Gasteiger partial charge in [0.25, 0.3) is 0 Å². The van der Waals surface area contributed by atoms with E-state index in [1.807, 2.05) is 121 Å². The summed E-state index contributed by atoms with van der Waals surface area (Å²) in [5.41, 5.74) is 12.2. The zero-order valence-electron chi connectivity index (χ0n) is 39.2. The van der Waals surface area contributed by atoms with Gasteiger partial charge in [0.2, 0.25) is 0 Å². The van der Waals surface area contributed by atoms with E-state index in [1.54, 1.807) is 48.5 Å². The van der Waals surface area contributed by atoms with Crippen molar-refractivity contribution < 1.29 is 28.4 Å². The van der Waals surface area contributed by atoms with Gasteiger partial charge in [0.15, 0.2) is 0 Å². The number of nitrogens with one attached hydrogen (secondary N) is 2. The molecule has 0 saturated carbocycles. The van der Waals surface area contributed by atoms with Crippen molar-refractivity contribution in [3.05, 3.63) is 276 Å². The Hall–Kier alpha value is -8.54. The van der Waals surface area contributed by atoms with E-state index in [1.165, 1.54) is 0 Å². The van der Waals surface area contributed by atoms with Crippen molar-refractivity contribution in [1.82, 2.24) is 0 Å². The predicted molar refractivity (Wildman–Crippen MR) is 292 cm³/mol. The molecule has 354 valence electrons. The SMILES string of the molecule is O=P1(C(Nc2ccc(C3(c4ccc(NC(c5ccc(O)cc5)P5(=O)Oc6ccccc6-c6ccccc65)cc4)c4ccccc4-c4ccccc43)cc2)c2ccc(O)cc2)Oc2ccccc2-c2ccccc21. The monoisotopic (exact) mass is 988 g/mol. The van der Waals surface area contributed by atoms with E-state index in [2.05, 4.69) is 83.4 Å². The molecule has 0 amide bonds. The molecular weight excluding hydrogens is 943 g/mol. The summed E-state index contributed by atoms with van der Waals surface area (Å²) >= 11 is 0. The van der Waals surface area contributed by atoms with Crippen LogP contribution in [0.25, 0.3) is 33.4 Å². The number of aromatic hydroxyl groups is 2. The first-order valence-electron chi connectivity index (χ1n) is 24.2. The fourth-order valence-electron chi connectivity index (χ4n) is 11.3. The Morgan fingerprint density at radius 2 is 0.685 bits per heavy atom. The van der Waals surface area contributed by atoms with Crippen molar-refractivity contribution >= 4 is 36.7 Å². The van der Waals surface area contributed by atoms with Crippen LogP contribution in [0.4, 0.5) is 11.4 Å². The Morgan fingerprint density at radius 3 is 1.08 bits per heavy atom. The number of hydrogen-bond acceptors (Lipinski definition) is 8. The van der Waals surface area contributed by atoms with Gasteiger partial charge >= 0.3 is 14.7 Å². The van der Waals surface area contributed by atoms with Crippen molar-refractivity contribution in [2.24, 2.45) is 0 Å². The second-order valence-electron chi connectivity index (χ2n) is 18.7. The van der Waals surface area contributed by atoms with E-state index < -0.39 is 31.7 Å². The molecule has 0 saturated heterocycles. The fraction of sp³-hybridized carbons (Fsp3) is 0.0476. The van der Waals surface area contributed by atoms with Crippen molar-refractivity contribution in [3.8, 4) is 56.4 Å². The first kappa shape index (κ1) is 44.4. The van der Waals surface area contributed by atoms with E-state index in [9.17, 15) is 10.2 Å². The lowest BCUT2D eigenvalue weighted by Gasteiger charge is -2.36. The largest absolute Gasteiger partial charge is 0.508 e. The van der Waals surface area contributed by atoms with Crippen molar-refractivity contribution in [3.63, 3.8) is 0 Å². The van der Waals surface area contributed by atoms with Gasteiger partial charge in [0, 0.05) is 22.5 Å². The summed E-state index contributed by atoms with van der Waals surface area (Å²) in [5.74, 6) is -0.325. The number of fused-ring (bicyclic) bond motifs is 9. The van der Waals surface area contributed by atoms with Crippen LogP contribution in [-0.4, -0.2) is 10.2 Å². The smallest absolute Gasteiger partial charge is 0.303 e. The number of anilines is 2. The Morgan fingerprint density at radius 1 is 0.356 bits per heavy atom. The third-order valence-electron chi connectivity index (χ3n) is 14.6. The highest BCUT2D eigenvalue weighted by Crippen LogP contribution is 2.65. The van der Waals surface area contributed by atoms with Gasteiger partial charge in [-0.1, -0.05) is 170 Å². The van der Waals surface area contributed by atoms with Gasteiger partial charge in [-0.3, -0.25) is 9.13 Å². The molecule has 0 fully saturated rings. The maximum absolute atomic E-state index is 15.8. The van der Waals surface area contributed by atoms with Gasteiger partial charge in [-0.2, -0.15) is 0 Å². The number of hydrogen-bond donors (Lipinski definition) is 4. The number of para-hydroxylation sites is 2. The minimum atomic E-state index is -3.75. The van der Waals surface area contributed by atoms with Crippen LogP contribution in [0.3, 0.4) is 0 Å². The molecule has 73 heavy (non-hydrogen) atoms. The Labute approximate surface area is 423 Å². The van der Waals surface area contributed by atoms with Crippen LogP contribution in [0.2, 0.25) is 0 Å². The van der Waals surface area contributed by atoms with Gasteiger partial charge in [0.1, 0.15) is 34.6 Å². The van der Waals surface area contributed by atoms with Crippen molar-refractivity contribution in [2.45, 2.75) is 17.0 Å². The number of rotatable bonds is 10. The van der Waals surface area contributed by atoms with Crippen LogP contribution in [0.5, 0.6) is 23.0 Å². The molecule has 10 aromatic rings. The van der Waals surface area contributed by atoms with Crippen molar-refractivity contribution in [2.75, 3.05) is 10.6 Å².